The van der Waals surface area contributed by atoms with E-state index in [0.29, 0.717) is 5.56 Å². The van der Waals surface area contributed by atoms with Crippen molar-refractivity contribution < 1.29 is 13.9 Å². The zero-order valence-corrected chi connectivity index (χ0v) is 13.2. The van der Waals surface area contributed by atoms with Gasteiger partial charge in [0.2, 0.25) is 0 Å². The summed E-state index contributed by atoms with van der Waals surface area (Å²) >= 11 is 0. The summed E-state index contributed by atoms with van der Waals surface area (Å²) in [6.07, 6.45) is 0. The van der Waals surface area contributed by atoms with E-state index in [1.807, 2.05) is 13.8 Å². The minimum Gasteiger partial charge on any atom is -0.396 e. The van der Waals surface area contributed by atoms with Crippen LogP contribution >= 0.6 is 12.4 Å². The predicted octanol–water partition coefficient (Wildman–Crippen LogP) is 2.35. The largest absolute Gasteiger partial charge is 0.396 e. The van der Waals surface area contributed by atoms with Crippen LogP contribution in [0.2, 0.25) is 0 Å². The van der Waals surface area contributed by atoms with Crippen LogP contribution in [0.25, 0.3) is 0 Å². The number of aliphatic hydroxyl groups is 1. The zero-order chi connectivity index (χ0) is 14.8. The van der Waals surface area contributed by atoms with E-state index >= 15 is 0 Å². The molecule has 0 bridgehead atoms. The Hall–Kier alpha value is -0.750. The van der Waals surface area contributed by atoms with Crippen LogP contribution < -0.4 is 5.32 Å². The predicted molar refractivity (Wildman–Crippen MR) is 81.7 cm³/mol. The normalized spacial score (nSPS) is 18.1. The molecule has 120 valence electrons. The second kappa shape index (κ2) is 7.49. The molecule has 3 nitrogen and oxygen atoms in total. The highest BCUT2D eigenvalue weighted by Crippen LogP contribution is 2.39. The maximum atomic E-state index is 14.2. The van der Waals surface area contributed by atoms with Gasteiger partial charge in [-0.3, -0.25) is 4.90 Å². The lowest BCUT2D eigenvalue weighted by Crippen LogP contribution is -2.49. The topological polar surface area (TPSA) is 35.5 Å². The van der Waals surface area contributed by atoms with Gasteiger partial charge in [0.25, 0.3) is 0 Å². The molecule has 1 aromatic carbocycles. The Bertz CT molecular complexity index is 465. The molecule has 21 heavy (non-hydrogen) atoms. The number of rotatable bonds is 4. The minimum atomic E-state index is -0.550. The van der Waals surface area contributed by atoms with Crippen LogP contribution in [0.5, 0.6) is 0 Å². The average molecular weight is 321 g/mol. The van der Waals surface area contributed by atoms with Crippen molar-refractivity contribution in [3.05, 3.63) is 35.4 Å². The minimum absolute atomic E-state index is 0. The summed E-state index contributed by atoms with van der Waals surface area (Å²) < 4.78 is 27.7. The first kappa shape index (κ1) is 18.3. The molecule has 0 spiro atoms. The first-order valence-electron chi connectivity index (χ1n) is 6.96. The molecule has 2 rings (SSSR count). The lowest BCUT2D eigenvalue weighted by molar-refractivity contribution is 0.0285. The van der Waals surface area contributed by atoms with Gasteiger partial charge in [0.1, 0.15) is 11.6 Å². The zero-order valence-electron chi connectivity index (χ0n) is 12.4. The quantitative estimate of drug-likeness (QED) is 0.894. The van der Waals surface area contributed by atoms with Gasteiger partial charge in [-0.25, -0.2) is 8.78 Å². The van der Waals surface area contributed by atoms with E-state index in [9.17, 15) is 13.9 Å². The molecule has 1 saturated heterocycles. The summed E-state index contributed by atoms with van der Waals surface area (Å²) in [5.74, 6) is -0.869. The first-order chi connectivity index (χ1) is 9.45. The molecule has 1 fully saturated rings. The third kappa shape index (κ3) is 4.13. The Morgan fingerprint density at radius 2 is 1.90 bits per heavy atom. The summed E-state index contributed by atoms with van der Waals surface area (Å²) in [5.41, 5.74) is -0.225. The maximum Gasteiger partial charge on any atom is 0.128 e. The van der Waals surface area contributed by atoms with Gasteiger partial charge in [-0.2, -0.15) is 0 Å². The fourth-order valence-corrected chi connectivity index (χ4v) is 2.86. The summed E-state index contributed by atoms with van der Waals surface area (Å²) in [6, 6.07) is 3.19. The van der Waals surface area contributed by atoms with E-state index in [-0.39, 0.29) is 25.1 Å². The fourth-order valence-electron chi connectivity index (χ4n) is 2.86. The van der Waals surface area contributed by atoms with Crippen molar-refractivity contribution in [3.8, 4) is 0 Å². The van der Waals surface area contributed by atoms with E-state index in [1.165, 1.54) is 6.07 Å². The number of benzene rings is 1. The van der Waals surface area contributed by atoms with Crippen molar-refractivity contribution in [2.24, 2.45) is 5.41 Å². The standard InChI is InChI=1S/C15H22F2N2O.ClH/c1-15(2,10-20)14(19-7-5-18-6-8-19)12-9-11(16)3-4-13(12)17;/h3-4,9,14,18,20H,5-8,10H2,1-2H3;1H/t14-;/m1./s1. The van der Waals surface area contributed by atoms with Gasteiger partial charge in [-0.05, 0) is 18.2 Å². The molecule has 6 heteroatoms. The van der Waals surface area contributed by atoms with Gasteiger partial charge < -0.3 is 10.4 Å². The molecular weight excluding hydrogens is 298 g/mol. The van der Waals surface area contributed by atoms with Crippen molar-refractivity contribution in [1.29, 1.82) is 0 Å². The van der Waals surface area contributed by atoms with E-state index in [2.05, 4.69) is 10.2 Å². The second-order valence-electron chi connectivity index (χ2n) is 6.00. The van der Waals surface area contributed by atoms with Gasteiger partial charge in [0.05, 0.1) is 0 Å². The van der Waals surface area contributed by atoms with E-state index in [0.717, 1.165) is 38.3 Å². The van der Waals surface area contributed by atoms with Crippen molar-refractivity contribution in [2.45, 2.75) is 19.9 Å². The number of hydrogen-bond donors (Lipinski definition) is 2. The van der Waals surface area contributed by atoms with Crippen LogP contribution in [0.4, 0.5) is 8.78 Å². The lowest BCUT2D eigenvalue weighted by atomic mass is 9.79. The number of hydrogen-bond acceptors (Lipinski definition) is 3. The van der Waals surface area contributed by atoms with Gasteiger partial charge in [0, 0.05) is 49.8 Å². The van der Waals surface area contributed by atoms with Gasteiger partial charge >= 0.3 is 0 Å². The number of halogens is 3. The molecule has 0 saturated carbocycles. The molecule has 0 amide bonds. The molecule has 0 aromatic heterocycles. The first-order valence-corrected chi connectivity index (χ1v) is 6.96. The SMILES string of the molecule is CC(C)(CO)[C@@H](c1cc(F)ccc1F)N1CCNCC1.Cl. The van der Waals surface area contributed by atoms with Crippen molar-refractivity contribution in [1.82, 2.24) is 10.2 Å². The Labute approximate surface area is 130 Å². The molecule has 1 aliphatic rings. The summed E-state index contributed by atoms with van der Waals surface area (Å²) in [7, 11) is 0. The van der Waals surface area contributed by atoms with Crippen molar-refractivity contribution in [3.63, 3.8) is 0 Å². The average Bonchev–Trinajstić information content (AvgIpc) is 2.44. The smallest absolute Gasteiger partial charge is 0.128 e. The van der Waals surface area contributed by atoms with Crippen LogP contribution in [0, 0.1) is 17.0 Å². The van der Waals surface area contributed by atoms with Crippen molar-refractivity contribution in [2.75, 3.05) is 32.8 Å². The number of nitrogens with one attached hydrogen (secondary N) is 1. The van der Waals surface area contributed by atoms with Gasteiger partial charge in [0.15, 0.2) is 0 Å². The summed E-state index contributed by atoms with van der Waals surface area (Å²) in [5, 5.41) is 12.9. The van der Waals surface area contributed by atoms with E-state index in [1.54, 1.807) is 0 Å². The van der Waals surface area contributed by atoms with Gasteiger partial charge in [-0.1, -0.05) is 13.8 Å². The third-order valence-corrected chi connectivity index (χ3v) is 3.92. The molecule has 0 radical (unpaired) electrons. The van der Waals surface area contributed by atoms with Gasteiger partial charge in [-0.15, -0.1) is 12.4 Å². The highest BCUT2D eigenvalue weighted by molar-refractivity contribution is 5.85. The van der Waals surface area contributed by atoms with Crippen LogP contribution in [0.3, 0.4) is 0 Å². The highest BCUT2D eigenvalue weighted by Gasteiger charge is 2.37. The van der Waals surface area contributed by atoms with Crippen LogP contribution in [0.1, 0.15) is 25.5 Å². The molecule has 0 unspecified atom stereocenters. The van der Waals surface area contributed by atoms with E-state index < -0.39 is 17.0 Å². The number of aliphatic hydroxyl groups excluding tert-OH is 1. The van der Waals surface area contributed by atoms with Crippen LogP contribution in [-0.4, -0.2) is 42.8 Å². The Kier molecular flexibility index (Phi) is 6.53. The lowest BCUT2D eigenvalue weighted by Gasteiger charge is -2.43. The third-order valence-electron chi connectivity index (χ3n) is 3.92. The fraction of sp³-hybridized carbons (Fsp3) is 0.600. The maximum absolute atomic E-state index is 14.2. The van der Waals surface area contributed by atoms with Crippen molar-refractivity contribution >= 4 is 12.4 Å². The Morgan fingerprint density at radius 1 is 1.29 bits per heavy atom. The molecule has 2 N–H and O–H groups in total. The Balaban J connectivity index is 0.00000220. The molecule has 1 aromatic rings. The van der Waals surface area contributed by atoms with E-state index in [4.69, 9.17) is 0 Å². The second-order valence-corrected chi connectivity index (χ2v) is 6.00. The highest BCUT2D eigenvalue weighted by atomic mass is 35.5. The van der Waals surface area contributed by atoms with Crippen LogP contribution in [-0.2, 0) is 0 Å². The monoisotopic (exact) mass is 320 g/mol. The molecule has 1 aliphatic heterocycles. The Morgan fingerprint density at radius 3 is 2.48 bits per heavy atom. The molecular formula is C15H23ClF2N2O. The number of piperazine rings is 1. The molecule has 1 heterocycles. The number of nitrogens with zero attached hydrogens (tertiary/aromatic N) is 1. The summed E-state index contributed by atoms with van der Waals surface area (Å²) in [6.45, 7) is 6.81. The summed E-state index contributed by atoms with van der Waals surface area (Å²) in [4.78, 5) is 2.12. The molecule has 1 atom stereocenters. The van der Waals surface area contributed by atoms with Crippen LogP contribution in [0.15, 0.2) is 18.2 Å². The molecule has 0 aliphatic carbocycles.